The predicted octanol–water partition coefficient (Wildman–Crippen LogP) is 3.32. The van der Waals surface area contributed by atoms with Gasteiger partial charge >= 0.3 is 5.97 Å². The molecule has 0 aliphatic carbocycles. The van der Waals surface area contributed by atoms with Crippen molar-refractivity contribution in [1.29, 1.82) is 0 Å². The fourth-order valence-electron chi connectivity index (χ4n) is 1.62. The Morgan fingerprint density at radius 1 is 1.37 bits per heavy atom. The largest absolute Gasteiger partial charge is 0.480 e. The molecule has 0 bridgehead atoms. The molecule has 0 saturated heterocycles. The molecule has 19 heavy (non-hydrogen) atoms. The number of carboxylic acid groups (broad SMARTS) is 1. The number of halogens is 2. The molecule has 1 N–H and O–H groups in total. The molecule has 0 spiro atoms. The van der Waals surface area contributed by atoms with Crippen LogP contribution in [0, 0.1) is 0 Å². The molecule has 6 heteroatoms. The van der Waals surface area contributed by atoms with Crippen molar-refractivity contribution in [3.63, 3.8) is 0 Å². The normalized spacial score (nSPS) is 12.0. The first-order chi connectivity index (χ1) is 8.88. The Kier molecular flexibility index (Phi) is 5.63. The molecular weight excluding hydrogens is 289 g/mol. The van der Waals surface area contributed by atoms with Gasteiger partial charge in [-0.25, -0.2) is 0 Å². The van der Waals surface area contributed by atoms with Gasteiger partial charge in [-0.05, 0) is 25.5 Å². The molecule has 0 aliphatic heterocycles. The van der Waals surface area contributed by atoms with E-state index in [2.05, 4.69) is 0 Å². The molecule has 1 aromatic rings. The van der Waals surface area contributed by atoms with Crippen molar-refractivity contribution in [3.8, 4) is 0 Å². The highest BCUT2D eigenvalue weighted by Gasteiger charge is 2.25. The maximum Gasteiger partial charge on any atom is 0.323 e. The quantitative estimate of drug-likeness (QED) is 0.908. The number of aliphatic carboxylic acids is 1. The first kappa shape index (κ1) is 15.8. The molecule has 0 aliphatic rings. The average molecular weight is 304 g/mol. The zero-order chi connectivity index (χ0) is 14.6. The first-order valence-corrected chi connectivity index (χ1v) is 6.60. The summed E-state index contributed by atoms with van der Waals surface area (Å²) in [6.45, 7) is 3.31. The molecule has 0 saturated carbocycles. The van der Waals surface area contributed by atoms with Crippen LogP contribution in [0.1, 0.15) is 30.6 Å². The molecule has 1 rings (SSSR count). The Hall–Kier alpha value is -1.26. The molecule has 0 aromatic heterocycles. The maximum absolute atomic E-state index is 12.4. The van der Waals surface area contributed by atoms with E-state index in [1.807, 2.05) is 6.92 Å². The topological polar surface area (TPSA) is 57.6 Å². The fraction of sp³-hybridized carbons (Fsp3) is 0.385. The van der Waals surface area contributed by atoms with Gasteiger partial charge in [0.05, 0.1) is 15.6 Å². The van der Waals surface area contributed by atoms with E-state index in [1.54, 1.807) is 19.1 Å². The summed E-state index contributed by atoms with van der Waals surface area (Å²) in [5.41, 5.74) is 0.218. The van der Waals surface area contributed by atoms with Crippen LogP contribution in [0.2, 0.25) is 10.0 Å². The third-order valence-electron chi connectivity index (χ3n) is 2.87. The van der Waals surface area contributed by atoms with Gasteiger partial charge in [-0.15, -0.1) is 0 Å². The summed E-state index contributed by atoms with van der Waals surface area (Å²) in [5.74, 6) is -1.49. The van der Waals surface area contributed by atoms with Gasteiger partial charge in [0.25, 0.3) is 5.91 Å². The minimum atomic E-state index is -1.06. The van der Waals surface area contributed by atoms with E-state index in [0.29, 0.717) is 6.42 Å². The molecule has 0 radical (unpaired) electrons. The number of carboxylic acids is 1. The lowest BCUT2D eigenvalue weighted by Gasteiger charge is -2.27. The highest BCUT2D eigenvalue weighted by atomic mass is 35.5. The van der Waals surface area contributed by atoms with Gasteiger partial charge in [-0.1, -0.05) is 36.2 Å². The zero-order valence-corrected chi connectivity index (χ0v) is 12.2. The average Bonchev–Trinajstić information content (AvgIpc) is 2.37. The number of carbonyl (C=O) groups excluding carboxylic acids is 1. The van der Waals surface area contributed by atoms with E-state index in [4.69, 9.17) is 28.3 Å². The maximum atomic E-state index is 12.4. The molecule has 104 valence electrons. The smallest absolute Gasteiger partial charge is 0.323 e. The van der Waals surface area contributed by atoms with Crippen LogP contribution in [0.3, 0.4) is 0 Å². The molecular formula is C13H15Cl2NO3. The fourth-order valence-corrected chi connectivity index (χ4v) is 2.00. The monoisotopic (exact) mass is 303 g/mol. The molecule has 1 amide bonds. The number of rotatable bonds is 5. The first-order valence-electron chi connectivity index (χ1n) is 5.85. The molecule has 4 nitrogen and oxygen atoms in total. The summed E-state index contributed by atoms with van der Waals surface area (Å²) in [6.07, 6.45) is 0.650. The lowest BCUT2D eigenvalue weighted by molar-refractivity contribution is -0.138. The van der Waals surface area contributed by atoms with E-state index < -0.39 is 11.9 Å². The van der Waals surface area contributed by atoms with Gasteiger partial charge in [-0.2, -0.15) is 0 Å². The Labute approximate surface area is 121 Å². The van der Waals surface area contributed by atoms with Gasteiger partial charge in [0.15, 0.2) is 0 Å². The van der Waals surface area contributed by atoms with E-state index in [9.17, 15) is 9.59 Å². The standard InChI is InChI=1S/C13H15Cl2NO3/c1-3-8(2)16(7-11(17)18)13(19)9-5-4-6-10(14)12(9)15/h4-6,8H,3,7H2,1-2H3,(H,17,18). The van der Waals surface area contributed by atoms with Gasteiger partial charge < -0.3 is 10.0 Å². The van der Waals surface area contributed by atoms with Crippen LogP contribution in [-0.4, -0.2) is 34.5 Å². The Balaban J connectivity index is 3.11. The van der Waals surface area contributed by atoms with Crippen LogP contribution in [-0.2, 0) is 4.79 Å². The Bertz CT molecular complexity index is 491. The third kappa shape index (κ3) is 3.85. The van der Waals surface area contributed by atoms with Crippen molar-refractivity contribution in [2.45, 2.75) is 26.3 Å². The minimum Gasteiger partial charge on any atom is -0.480 e. The number of hydrogen-bond donors (Lipinski definition) is 1. The second-order valence-electron chi connectivity index (χ2n) is 4.19. The van der Waals surface area contributed by atoms with Crippen LogP contribution >= 0.6 is 23.2 Å². The van der Waals surface area contributed by atoms with Crippen LogP contribution in [0.15, 0.2) is 18.2 Å². The second kappa shape index (κ2) is 6.78. The zero-order valence-electron chi connectivity index (χ0n) is 10.7. The Morgan fingerprint density at radius 2 is 2.00 bits per heavy atom. The van der Waals surface area contributed by atoms with Gasteiger partial charge in [-0.3, -0.25) is 9.59 Å². The number of carbonyl (C=O) groups is 2. The molecule has 1 unspecified atom stereocenters. The van der Waals surface area contributed by atoms with Crippen molar-refractivity contribution in [3.05, 3.63) is 33.8 Å². The van der Waals surface area contributed by atoms with Crippen molar-refractivity contribution < 1.29 is 14.7 Å². The highest BCUT2D eigenvalue weighted by molar-refractivity contribution is 6.43. The number of benzene rings is 1. The lowest BCUT2D eigenvalue weighted by Crippen LogP contribution is -2.41. The van der Waals surface area contributed by atoms with Crippen molar-refractivity contribution in [2.24, 2.45) is 0 Å². The van der Waals surface area contributed by atoms with E-state index in [1.165, 1.54) is 11.0 Å². The van der Waals surface area contributed by atoms with Crippen LogP contribution in [0.4, 0.5) is 0 Å². The van der Waals surface area contributed by atoms with Crippen molar-refractivity contribution in [2.75, 3.05) is 6.54 Å². The van der Waals surface area contributed by atoms with Crippen LogP contribution < -0.4 is 0 Å². The summed E-state index contributed by atoms with van der Waals surface area (Å²) in [7, 11) is 0. The van der Waals surface area contributed by atoms with Gasteiger partial charge in [0.1, 0.15) is 6.54 Å². The number of amides is 1. The minimum absolute atomic E-state index is 0.146. The summed E-state index contributed by atoms with van der Waals surface area (Å²) in [5, 5.41) is 9.31. The van der Waals surface area contributed by atoms with E-state index >= 15 is 0 Å². The highest BCUT2D eigenvalue weighted by Crippen LogP contribution is 2.27. The van der Waals surface area contributed by atoms with Gasteiger partial charge in [0, 0.05) is 6.04 Å². The lowest BCUT2D eigenvalue weighted by atomic mass is 10.1. The number of hydrogen-bond acceptors (Lipinski definition) is 2. The SMILES string of the molecule is CCC(C)N(CC(=O)O)C(=O)c1cccc(Cl)c1Cl. The van der Waals surface area contributed by atoms with E-state index in [0.717, 1.165) is 0 Å². The van der Waals surface area contributed by atoms with Crippen molar-refractivity contribution in [1.82, 2.24) is 4.90 Å². The van der Waals surface area contributed by atoms with Crippen molar-refractivity contribution >= 4 is 35.1 Å². The summed E-state index contributed by atoms with van der Waals surface area (Å²) < 4.78 is 0. The second-order valence-corrected chi connectivity index (χ2v) is 4.97. The Morgan fingerprint density at radius 3 is 2.53 bits per heavy atom. The van der Waals surface area contributed by atoms with Gasteiger partial charge in [0.2, 0.25) is 0 Å². The number of nitrogens with zero attached hydrogens (tertiary/aromatic N) is 1. The third-order valence-corrected chi connectivity index (χ3v) is 3.69. The molecule has 1 aromatic carbocycles. The van der Waals surface area contributed by atoms with Crippen LogP contribution in [0.25, 0.3) is 0 Å². The summed E-state index contributed by atoms with van der Waals surface area (Å²) in [6, 6.07) is 4.52. The van der Waals surface area contributed by atoms with Crippen LogP contribution in [0.5, 0.6) is 0 Å². The molecule has 0 heterocycles. The summed E-state index contributed by atoms with van der Waals surface area (Å²) in [4.78, 5) is 24.5. The molecule has 1 atom stereocenters. The van der Waals surface area contributed by atoms with E-state index in [-0.39, 0.29) is 28.2 Å². The summed E-state index contributed by atoms with van der Waals surface area (Å²) >= 11 is 11.9. The molecule has 0 fully saturated rings. The predicted molar refractivity (Wildman–Crippen MR) is 74.9 cm³/mol.